The Hall–Kier alpha value is -2.62. The molecule has 0 amide bonds. The number of phenols is 2. The second-order valence-electron chi connectivity index (χ2n) is 3.95. The zero-order valence-corrected chi connectivity index (χ0v) is 9.88. The summed E-state index contributed by atoms with van der Waals surface area (Å²) in [7, 11) is 0. The Labute approximate surface area is 109 Å². The lowest BCUT2D eigenvalue weighted by Gasteiger charge is -2.00. The first-order valence-electron chi connectivity index (χ1n) is 5.56. The largest absolute Gasteiger partial charge is 0.508 e. The van der Waals surface area contributed by atoms with E-state index in [1.807, 2.05) is 0 Å². The average Bonchev–Trinajstić information content (AvgIpc) is 2.40. The zero-order valence-electron chi connectivity index (χ0n) is 9.88. The summed E-state index contributed by atoms with van der Waals surface area (Å²) in [6, 6.07) is 9.17. The second kappa shape index (κ2) is 5.35. The molecule has 0 saturated carbocycles. The lowest BCUT2D eigenvalue weighted by atomic mass is 10.1. The standard InChI is InChI=1S/C15H11FO3/c16-12-4-1-10(2-5-12)14(18)7-3-11-9-13(17)6-8-15(11)19/h1-9,17,19H/b7-3+. The van der Waals surface area contributed by atoms with Crippen LogP contribution in [0.5, 0.6) is 11.5 Å². The zero-order chi connectivity index (χ0) is 13.8. The number of rotatable bonds is 3. The highest BCUT2D eigenvalue weighted by Crippen LogP contribution is 2.23. The van der Waals surface area contributed by atoms with E-state index in [9.17, 15) is 19.4 Å². The van der Waals surface area contributed by atoms with Gasteiger partial charge in [-0.15, -0.1) is 0 Å². The van der Waals surface area contributed by atoms with Gasteiger partial charge in [0.15, 0.2) is 5.78 Å². The summed E-state index contributed by atoms with van der Waals surface area (Å²) in [4.78, 5) is 11.8. The van der Waals surface area contributed by atoms with Crippen LogP contribution < -0.4 is 0 Å². The Kier molecular flexibility index (Phi) is 3.61. The van der Waals surface area contributed by atoms with Crippen molar-refractivity contribution >= 4 is 11.9 Å². The average molecular weight is 258 g/mol. The molecule has 19 heavy (non-hydrogen) atoms. The van der Waals surface area contributed by atoms with Crippen LogP contribution in [-0.4, -0.2) is 16.0 Å². The molecule has 0 aliphatic heterocycles. The molecule has 0 aromatic heterocycles. The first kappa shape index (κ1) is 12.8. The first-order valence-corrected chi connectivity index (χ1v) is 5.56. The fourth-order valence-corrected chi connectivity index (χ4v) is 1.55. The number of hydrogen-bond donors (Lipinski definition) is 2. The lowest BCUT2D eigenvalue weighted by molar-refractivity contribution is 0.104. The molecule has 0 aliphatic rings. The Morgan fingerprint density at radius 1 is 1.05 bits per heavy atom. The molecule has 0 radical (unpaired) electrons. The Balaban J connectivity index is 2.20. The van der Waals surface area contributed by atoms with Crippen LogP contribution in [0.3, 0.4) is 0 Å². The number of halogens is 1. The van der Waals surface area contributed by atoms with Crippen LogP contribution in [0.15, 0.2) is 48.5 Å². The van der Waals surface area contributed by atoms with Gasteiger partial charge < -0.3 is 10.2 Å². The predicted molar refractivity (Wildman–Crippen MR) is 69.5 cm³/mol. The number of aromatic hydroxyl groups is 2. The van der Waals surface area contributed by atoms with Crippen molar-refractivity contribution in [3.8, 4) is 11.5 Å². The summed E-state index contributed by atoms with van der Waals surface area (Å²) in [6.45, 7) is 0. The Morgan fingerprint density at radius 3 is 2.42 bits per heavy atom. The van der Waals surface area contributed by atoms with Crippen molar-refractivity contribution in [2.24, 2.45) is 0 Å². The van der Waals surface area contributed by atoms with E-state index < -0.39 is 5.82 Å². The van der Waals surface area contributed by atoms with Crippen LogP contribution in [0.4, 0.5) is 4.39 Å². The van der Waals surface area contributed by atoms with Crippen molar-refractivity contribution in [3.05, 3.63) is 65.5 Å². The van der Waals surface area contributed by atoms with Crippen LogP contribution in [-0.2, 0) is 0 Å². The maximum Gasteiger partial charge on any atom is 0.185 e. The lowest BCUT2D eigenvalue weighted by Crippen LogP contribution is -1.93. The number of hydrogen-bond acceptors (Lipinski definition) is 3. The van der Waals surface area contributed by atoms with Crippen molar-refractivity contribution in [2.75, 3.05) is 0 Å². The Bertz CT molecular complexity index is 630. The summed E-state index contributed by atoms with van der Waals surface area (Å²) < 4.78 is 12.7. The van der Waals surface area contributed by atoms with Crippen LogP contribution in [0.25, 0.3) is 6.08 Å². The molecule has 0 spiro atoms. The van der Waals surface area contributed by atoms with E-state index in [2.05, 4.69) is 0 Å². The van der Waals surface area contributed by atoms with Crippen LogP contribution in [0.1, 0.15) is 15.9 Å². The highest BCUT2D eigenvalue weighted by Gasteiger charge is 2.03. The van der Waals surface area contributed by atoms with Crippen LogP contribution in [0, 0.1) is 5.82 Å². The normalized spacial score (nSPS) is 10.8. The smallest absolute Gasteiger partial charge is 0.185 e. The van der Waals surface area contributed by atoms with E-state index in [1.54, 1.807) is 0 Å². The maximum atomic E-state index is 12.7. The van der Waals surface area contributed by atoms with E-state index >= 15 is 0 Å². The van der Waals surface area contributed by atoms with Crippen molar-refractivity contribution in [1.29, 1.82) is 0 Å². The van der Waals surface area contributed by atoms with Gasteiger partial charge in [0, 0.05) is 11.1 Å². The number of allylic oxidation sites excluding steroid dienone is 1. The minimum atomic E-state index is -0.411. The van der Waals surface area contributed by atoms with Gasteiger partial charge in [-0.05, 0) is 54.6 Å². The first-order chi connectivity index (χ1) is 9.06. The quantitative estimate of drug-likeness (QED) is 0.505. The van der Waals surface area contributed by atoms with Gasteiger partial charge in [0.05, 0.1) is 0 Å². The number of phenolic OH excluding ortho intramolecular Hbond substituents is 2. The van der Waals surface area contributed by atoms with Crippen molar-refractivity contribution in [3.63, 3.8) is 0 Å². The fraction of sp³-hybridized carbons (Fsp3) is 0. The van der Waals surface area contributed by atoms with E-state index in [-0.39, 0.29) is 17.3 Å². The summed E-state index contributed by atoms with van der Waals surface area (Å²) in [6.07, 6.45) is 2.64. The minimum Gasteiger partial charge on any atom is -0.508 e. The van der Waals surface area contributed by atoms with Gasteiger partial charge >= 0.3 is 0 Å². The van der Waals surface area contributed by atoms with E-state index in [0.29, 0.717) is 11.1 Å². The van der Waals surface area contributed by atoms with Crippen molar-refractivity contribution in [1.82, 2.24) is 0 Å². The van der Waals surface area contributed by atoms with Gasteiger partial charge in [-0.2, -0.15) is 0 Å². The SMILES string of the molecule is O=C(/C=C/c1cc(O)ccc1O)c1ccc(F)cc1. The number of ketones is 1. The molecule has 2 aromatic rings. The maximum absolute atomic E-state index is 12.7. The molecule has 4 heteroatoms. The van der Waals surface area contributed by atoms with Gasteiger partial charge in [0.1, 0.15) is 17.3 Å². The van der Waals surface area contributed by atoms with Gasteiger partial charge in [0.2, 0.25) is 0 Å². The third-order valence-corrected chi connectivity index (χ3v) is 2.55. The Morgan fingerprint density at radius 2 is 1.74 bits per heavy atom. The third kappa shape index (κ3) is 3.19. The third-order valence-electron chi connectivity index (χ3n) is 2.55. The minimum absolute atomic E-state index is 0.00770. The molecule has 0 heterocycles. The molecule has 0 atom stereocenters. The van der Waals surface area contributed by atoms with E-state index in [4.69, 9.17) is 0 Å². The molecular formula is C15H11FO3. The molecule has 96 valence electrons. The number of benzene rings is 2. The van der Waals surface area contributed by atoms with Crippen molar-refractivity contribution < 1.29 is 19.4 Å². The molecule has 0 bridgehead atoms. The molecule has 0 unspecified atom stereocenters. The highest BCUT2D eigenvalue weighted by molar-refractivity contribution is 6.06. The van der Waals surface area contributed by atoms with Gasteiger partial charge in [-0.3, -0.25) is 4.79 Å². The van der Waals surface area contributed by atoms with Gasteiger partial charge in [0.25, 0.3) is 0 Å². The second-order valence-corrected chi connectivity index (χ2v) is 3.95. The predicted octanol–water partition coefficient (Wildman–Crippen LogP) is 3.13. The fourth-order valence-electron chi connectivity index (χ4n) is 1.55. The molecule has 2 rings (SSSR count). The molecule has 0 fully saturated rings. The molecule has 2 N–H and O–H groups in total. The summed E-state index contributed by atoms with van der Waals surface area (Å²) in [5, 5.41) is 18.8. The molecule has 0 aliphatic carbocycles. The van der Waals surface area contributed by atoms with Crippen LogP contribution in [0.2, 0.25) is 0 Å². The van der Waals surface area contributed by atoms with E-state index in [0.717, 1.165) is 0 Å². The van der Waals surface area contributed by atoms with Crippen molar-refractivity contribution in [2.45, 2.75) is 0 Å². The summed E-state index contributed by atoms with van der Waals surface area (Å²) in [5.41, 5.74) is 0.674. The topological polar surface area (TPSA) is 57.5 Å². The number of carbonyl (C=O) groups excluding carboxylic acids is 1. The molecule has 0 saturated heterocycles. The summed E-state index contributed by atoms with van der Waals surface area (Å²) >= 11 is 0. The monoisotopic (exact) mass is 258 g/mol. The van der Waals surface area contributed by atoms with Gasteiger partial charge in [-0.1, -0.05) is 0 Å². The van der Waals surface area contributed by atoms with Gasteiger partial charge in [-0.25, -0.2) is 4.39 Å². The molecule has 2 aromatic carbocycles. The number of carbonyl (C=O) groups is 1. The highest BCUT2D eigenvalue weighted by atomic mass is 19.1. The molecular weight excluding hydrogens is 247 g/mol. The van der Waals surface area contributed by atoms with Crippen LogP contribution >= 0.6 is 0 Å². The van der Waals surface area contributed by atoms with E-state index in [1.165, 1.54) is 54.6 Å². The summed E-state index contributed by atoms with van der Waals surface area (Å²) in [5.74, 6) is -0.776. The molecule has 3 nitrogen and oxygen atoms in total.